The van der Waals surface area contributed by atoms with E-state index in [-0.39, 0.29) is 11.8 Å². The average Bonchev–Trinajstić information content (AvgIpc) is 2.79. The number of benzene rings is 4. The average molecular weight is 407 g/mol. The molecule has 0 bridgehead atoms. The summed E-state index contributed by atoms with van der Waals surface area (Å²) in [7, 11) is 0. The molecule has 0 heterocycles. The number of nitrogens with one attached hydrogen (secondary N) is 2. The lowest BCUT2D eigenvalue weighted by Crippen LogP contribution is -2.17. The minimum Gasteiger partial charge on any atom is -0.322 e. The fraction of sp³-hybridized carbons (Fsp3) is 0.0385. The van der Waals surface area contributed by atoms with Crippen molar-refractivity contribution in [3.63, 3.8) is 0 Å². The number of hydrogen-bond donors (Lipinski definition) is 2. The van der Waals surface area contributed by atoms with Gasteiger partial charge in [-0.3, -0.25) is 9.59 Å². The Morgan fingerprint density at radius 2 is 1.52 bits per heavy atom. The van der Waals surface area contributed by atoms with E-state index in [4.69, 9.17) is 0 Å². The van der Waals surface area contributed by atoms with Gasteiger partial charge in [0.1, 0.15) is 0 Å². The largest absolute Gasteiger partial charge is 0.322 e. The van der Waals surface area contributed by atoms with Crippen molar-refractivity contribution in [3.8, 4) is 0 Å². The molecule has 4 rings (SSSR count). The van der Waals surface area contributed by atoms with Crippen LogP contribution in [0.1, 0.15) is 31.8 Å². The van der Waals surface area contributed by atoms with Crippen molar-refractivity contribution in [3.05, 3.63) is 113 Å². The fourth-order valence-electron chi connectivity index (χ4n) is 3.21. The van der Waals surface area contributed by atoms with Crippen LogP contribution in [0.25, 0.3) is 10.8 Å². The van der Waals surface area contributed by atoms with Gasteiger partial charge in [0.25, 0.3) is 11.8 Å². The number of carbonyl (C=O) groups excluding carboxylic acids is 2. The summed E-state index contributed by atoms with van der Waals surface area (Å²) in [5, 5.41) is 9.14. The normalized spacial score (nSPS) is 10.9. The summed E-state index contributed by atoms with van der Waals surface area (Å²) in [6.45, 7) is 1.94. The molecule has 0 atom stereocenters. The van der Waals surface area contributed by atoms with Crippen LogP contribution >= 0.6 is 0 Å². The third kappa shape index (κ3) is 5.03. The van der Waals surface area contributed by atoms with Gasteiger partial charge in [0.05, 0.1) is 6.21 Å². The molecule has 0 spiro atoms. The number of hydrazone groups is 1. The van der Waals surface area contributed by atoms with Crippen LogP contribution in [0.5, 0.6) is 0 Å². The maximum Gasteiger partial charge on any atom is 0.271 e. The molecule has 31 heavy (non-hydrogen) atoms. The molecule has 0 fully saturated rings. The third-order valence-electron chi connectivity index (χ3n) is 4.84. The number of fused-ring (bicyclic) bond motifs is 1. The summed E-state index contributed by atoms with van der Waals surface area (Å²) >= 11 is 0. The molecule has 0 aliphatic rings. The van der Waals surface area contributed by atoms with E-state index in [9.17, 15) is 9.59 Å². The zero-order valence-corrected chi connectivity index (χ0v) is 17.0. The molecular weight excluding hydrogens is 386 g/mol. The van der Waals surface area contributed by atoms with Crippen LogP contribution in [0.2, 0.25) is 0 Å². The van der Waals surface area contributed by atoms with E-state index >= 15 is 0 Å². The molecule has 4 aromatic carbocycles. The molecule has 0 aliphatic heterocycles. The molecule has 0 saturated heterocycles. The van der Waals surface area contributed by atoms with Crippen LogP contribution in [0.15, 0.2) is 96.1 Å². The second kappa shape index (κ2) is 9.05. The molecule has 5 nitrogen and oxygen atoms in total. The molecular formula is C26H21N3O2. The van der Waals surface area contributed by atoms with Crippen LogP contribution in [-0.4, -0.2) is 18.0 Å². The van der Waals surface area contributed by atoms with Gasteiger partial charge >= 0.3 is 0 Å². The second-order valence-corrected chi connectivity index (χ2v) is 7.21. The number of hydrogen-bond acceptors (Lipinski definition) is 3. The van der Waals surface area contributed by atoms with Crippen molar-refractivity contribution in [1.82, 2.24) is 5.43 Å². The first kappa shape index (κ1) is 20.0. The van der Waals surface area contributed by atoms with E-state index in [1.807, 2.05) is 67.6 Å². The smallest absolute Gasteiger partial charge is 0.271 e. The summed E-state index contributed by atoms with van der Waals surface area (Å²) in [5.74, 6) is -0.519. The van der Waals surface area contributed by atoms with Crippen molar-refractivity contribution in [2.24, 2.45) is 5.10 Å². The Morgan fingerprint density at radius 3 is 2.29 bits per heavy atom. The van der Waals surface area contributed by atoms with Crippen molar-refractivity contribution < 1.29 is 9.59 Å². The first-order valence-electron chi connectivity index (χ1n) is 9.89. The van der Waals surface area contributed by atoms with Crippen molar-refractivity contribution in [2.75, 3.05) is 5.32 Å². The van der Waals surface area contributed by atoms with Crippen LogP contribution in [0, 0.1) is 6.92 Å². The fourth-order valence-corrected chi connectivity index (χ4v) is 3.21. The van der Waals surface area contributed by atoms with Crippen LogP contribution in [0.3, 0.4) is 0 Å². The molecule has 0 radical (unpaired) electrons. The molecule has 0 unspecified atom stereocenters. The van der Waals surface area contributed by atoms with E-state index in [2.05, 4.69) is 15.8 Å². The molecule has 5 heteroatoms. The Hall–Kier alpha value is -4.25. The number of rotatable bonds is 5. The number of nitrogens with zero attached hydrogens (tertiary/aromatic N) is 1. The maximum absolute atomic E-state index is 12.3. The van der Waals surface area contributed by atoms with E-state index in [0.29, 0.717) is 16.8 Å². The predicted octanol–water partition coefficient (Wildman–Crippen LogP) is 5.16. The summed E-state index contributed by atoms with van der Waals surface area (Å²) in [6.07, 6.45) is 1.61. The summed E-state index contributed by atoms with van der Waals surface area (Å²) in [5.41, 5.74) is 6.09. The molecule has 152 valence electrons. The van der Waals surface area contributed by atoms with E-state index in [1.54, 1.807) is 36.5 Å². The van der Waals surface area contributed by atoms with E-state index in [1.165, 1.54) is 0 Å². The van der Waals surface area contributed by atoms with Crippen LogP contribution in [-0.2, 0) is 0 Å². The highest BCUT2D eigenvalue weighted by Crippen LogP contribution is 2.15. The van der Waals surface area contributed by atoms with Gasteiger partial charge in [0, 0.05) is 16.8 Å². The predicted molar refractivity (Wildman–Crippen MR) is 125 cm³/mol. The third-order valence-corrected chi connectivity index (χ3v) is 4.84. The van der Waals surface area contributed by atoms with Gasteiger partial charge in [-0.15, -0.1) is 0 Å². The van der Waals surface area contributed by atoms with Crippen molar-refractivity contribution in [2.45, 2.75) is 6.92 Å². The minimum absolute atomic E-state index is 0.194. The van der Waals surface area contributed by atoms with Gasteiger partial charge < -0.3 is 5.32 Å². The van der Waals surface area contributed by atoms with Gasteiger partial charge in [-0.2, -0.15) is 5.10 Å². The lowest BCUT2D eigenvalue weighted by Gasteiger charge is -2.07. The van der Waals surface area contributed by atoms with Crippen LogP contribution < -0.4 is 10.7 Å². The number of aryl methyl sites for hydroxylation is 1. The van der Waals surface area contributed by atoms with Crippen molar-refractivity contribution in [1.29, 1.82) is 0 Å². The Kier molecular flexibility index (Phi) is 5.85. The lowest BCUT2D eigenvalue weighted by atomic mass is 10.1. The van der Waals surface area contributed by atoms with Gasteiger partial charge in [0.15, 0.2) is 0 Å². The highest BCUT2D eigenvalue weighted by Gasteiger charge is 2.08. The standard InChI is InChI=1S/C26H21N3O2/c1-18-5-4-8-23(15-18)25(30)28-24-13-11-21(12-14-24)26(31)29-27-17-19-9-10-20-6-2-3-7-22(20)16-19/h2-17H,1H3,(H,28,30)(H,29,31). The Labute approximate surface area is 180 Å². The highest BCUT2D eigenvalue weighted by molar-refractivity contribution is 6.04. The van der Waals surface area contributed by atoms with Crippen LogP contribution in [0.4, 0.5) is 5.69 Å². The van der Waals surface area contributed by atoms with E-state index in [0.717, 1.165) is 21.9 Å². The zero-order valence-electron chi connectivity index (χ0n) is 17.0. The maximum atomic E-state index is 12.3. The van der Waals surface area contributed by atoms with Crippen molar-refractivity contribution >= 4 is 34.5 Å². The van der Waals surface area contributed by atoms with Gasteiger partial charge in [-0.25, -0.2) is 5.43 Å². The lowest BCUT2D eigenvalue weighted by molar-refractivity contribution is 0.0954. The molecule has 0 saturated carbocycles. The topological polar surface area (TPSA) is 70.6 Å². The zero-order chi connectivity index (χ0) is 21.6. The Bertz CT molecular complexity index is 1280. The summed E-state index contributed by atoms with van der Waals surface area (Å²) < 4.78 is 0. The summed E-state index contributed by atoms with van der Waals surface area (Å²) in [4.78, 5) is 24.7. The molecule has 2 N–H and O–H groups in total. The minimum atomic E-state index is -0.325. The molecule has 2 amide bonds. The van der Waals surface area contributed by atoms with Gasteiger partial charge in [0.2, 0.25) is 0 Å². The Morgan fingerprint density at radius 1 is 0.742 bits per heavy atom. The number of anilines is 1. The molecule has 0 aliphatic carbocycles. The Balaban J connectivity index is 1.36. The molecule has 0 aromatic heterocycles. The quantitative estimate of drug-likeness (QED) is 0.354. The van der Waals surface area contributed by atoms with E-state index < -0.39 is 0 Å². The molecule has 4 aromatic rings. The summed E-state index contributed by atoms with van der Waals surface area (Å²) in [6, 6.07) is 28.1. The first-order valence-corrected chi connectivity index (χ1v) is 9.89. The second-order valence-electron chi connectivity index (χ2n) is 7.21. The van der Waals surface area contributed by atoms with Gasteiger partial charge in [-0.05, 0) is 65.7 Å². The SMILES string of the molecule is Cc1cccc(C(=O)Nc2ccc(C(=O)NN=Cc3ccc4ccccc4c3)cc2)c1. The number of amides is 2. The van der Waals surface area contributed by atoms with Gasteiger partial charge in [-0.1, -0.05) is 54.1 Å². The highest BCUT2D eigenvalue weighted by atomic mass is 16.2. The monoisotopic (exact) mass is 407 g/mol. The first-order chi connectivity index (χ1) is 15.1. The number of carbonyl (C=O) groups is 2.